The largest absolute Gasteiger partial charge is 0.573 e. The fourth-order valence-electron chi connectivity index (χ4n) is 3.84. The van der Waals surface area contributed by atoms with Gasteiger partial charge in [0.1, 0.15) is 5.75 Å². The molecule has 0 saturated carbocycles. The fourth-order valence-corrected chi connectivity index (χ4v) is 3.84. The molecule has 0 fully saturated rings. The number of nitrogens with zero attached hydrogens (tertiary/aromatic N) is 2. The van der Waals surface area contributed by atoms with Crippen LogP contribution in [0.3, 0.4) is 0 Å². The van der Waals surface area contributed by atoms with Crippen LogP contribution in [-0.2, 0) is 0 Å². The molecule has 4 aromatic rings. The van der Waals surface area contributed by atoms with Gasteiger partial charge in [-0.3, -0.25) is 15.0 Å². The monoisotopic (exact) mass is 528 g/mol. The van der Waals surface area contributed by atoms with E-state index in [-0.39, 0.29) is 23.7 Å². The van der Waals surface area contributed by atoms with Crippen LogP contribution >= 0.6 is 0 Å². The van der Waals surface area contributed by atoms with Gasteiger partial charge >= 0.3 is 6.36 Å². The fraction of sp³-hybridized carbons (Fsp3) is 0.160. The van der Waals surface area contributed by atoms with Crippen LogP contribution in [0.5, 0.6) is 28.7 Å². The molecule has 0 radical (unpaired) electrons. The third-order valence-corrected chi connectivity index (χ3v) is 5.56. The number of H-pyrrole nitrogens is 2. The molecule has 0 spiro atoms. The van der Waals surface area contributed by atoms with Crippen molar-refractivity contribution >= 4 is 11.4 Å². The molecular weight excluding hydrogens is 509 g/mol. The first kappa shape index (κ1) is 24.7. The number of aromatic nitrogens is 2. The normalized spacial score (nSPS) is 12.7. The van der Waals surface area contributed by atoms with E-state index in [1.807, 2.05) is 0 Å². The second-order valence-electron chi connectivity index (χ2n) is 7.87. The number of nitrogens with one attached hydrogen (secondary N) is 2. The summed E-state index contributed by atoms with van der Waals surface area (Å²) in [4.78, 5) is 12.5. The molecule has 0 bridgehead atoms. The summed E-state index contributed by atoms with van der Waals surface area (Å²) in [5, 5.41) is 13.4. The number of methoxy groups -OCH3 is 2. The Morgan fingerprint density at radius 3 is 2.32 bits per heavy atom. The number of hydrogen-bond donors (Lipinski definition) is 2. The molecule has 0 saturated heterocycles. The van der Waals surface area contributed by atoms with Crippen LogP contribution in [0.2, 0.25) is 0 Å². The molecule has 5 rings (SSSR count). The Labute approximate surface area is 212 Å². The SMILES string of the molecule is COc1ccc(-c2[nH][nH]c(=O)c2N=Nc2ccc(OC(F)(F)F)c(-c3ccc4c(c3)OCO4)c2)cc1OC. The van der Waals surface area contributed by atoms with Gasteiger partial charge in [-0.1, -0.05) is 6.07 Å². The van der Waals surface area contributed by atoms with Gasteiger partial charge in [-0.25, -0.2) is 0 Å². The first-order valence-electron chi connectivity index (χ1n) is 11.0. The zero-order chi connectivity index (χ0) is 26.9. The van der Waals surface area contributed by atoms with Crippen LogP contribution in [0.1, 0.15) is 0 Å². The highest BCUT2D eigenvalue weighted by atomic mass is 19.4. The Hall–Kier alpha value is -4.94. The number of benzene rings is 3. The summed E-state index contributed by atoms with van der Waals surface area (Å²) in [6.07, 6.45) is -4.92. The predicted molar refractivity (Wildman–Crippen MR) is 129 cm³/mol. The maximum absolute atomic E-state index is 13.1. The summed E-state index contributed by atoms with van der Waals surface area (Å²) in [7, 11) is 2.98. The van der Waals surface area contributed by atoms with Crippen molar-refractivity contribution in [2.75, 3.05) is 21.0 Å². The van der Waals surface area contributed by atoms with Gasteiger partial charge in [0.25, 0.3) is 5.56 Å². The van der Waals surface area contributed by atoms with Gasteiger partial charge in [0.15, 0.2) is 28.7 Å². The van der Waals surface area contributed by atoms with E-state index in [0.29, 0.717) is 39.8 Å². The summed E-state index contributed by atoms with van der Waals surface area (Å²) in [5.41, 5.74) is 0.920. The molecule has 1 aliphatic heterocycles. The van der Waals surface area contributed by atoms with Crippen molar-refractivity contribution in [2.45, 2.75) is 6.36 Å². The van der Waals surface area contributed by atoms with Gasteiger partial charge in [0, 0.05) is 11.1 Å². The van der Waals surface area contributed by atoms with E-state index in [1.54, 1.807) is 30.3 Å². The van der Waals surface area contributed by atoms with Gasteiger partial charge in [-0.15, -0.1) is 18.3 Å². The van der Waals surface area contributed by atoms with E-state index in [0.717, 1.165) is 6.07 Å². The van der Waals surface area contributed by atoms with E-state index in [9.17, 15) is 18.0 Å². The molecule has 0 unspecified atom stereocenters. The number of azo groups is 1. The molecule has 1 aromatic heterocycles. The molecule has 0 amide bonds. The minimum atomic E-state index is -4.92. The highest BCUT2D eigenvalue weighted by molar-refractivity contribution is 5.76. The van der Waals surface area contributed by atoms with Crippen molar-refractivity contribution in [3.05, 3.63) is 65.0 Å². The maximum Gasteiger partial charge on any atom is 0.573 e. The Morgan fingerprint density at radius 2 is 1.55 bits per heavy atom. The van der Waals surface area contributed by atoms with E-state index in [2.05, 4.69) is 25.2 Å². The number of halogens is 3. The molecular formula is C25H19F3N4O6. The first-order chi connectivity index (χ1) is 18.3. The summed E-state index contributed by atoms with van der Waals surface area (Å²) >= 11 is 0. The molecule has 10 nitrogen and oxygen atoms in total. The number of ether oxygens (including phenoxy) is 5. The van der Waals surface area contributed by atoms with Crippen LogP contribution in [0.25, 0.3) is 22.4 Å². The summed E-state index contributed by atoms with van der Waals surface area (Å²) in [5.74, 6) is 1.34. The van der Waals surface area contributed by atoms with E-state index in [1.165, 1.54) is 32.4 Å². The van der Waals surface area contributed by atoms with Crippen LogP contribution in [0.4, 0.5) is 24.5 Å². The summed E-state index contributed by atoms with van der Waals surface area (Å²) < 4.78 is 64.6. The van der Waals surface area contributed by atoms with Gasteiger partial charge < -0.3 is 23.7 Å². The zero-order valence-electron chi connectivity index (χ0n) is 19.9. The number of rotatable bonds is 7. The Balaban J connectivity index is 1.53. The number of alkyl halides is 3. The van der Waals surface area contributed by atoms with E-state index in [4.69, 9.17) is 18.9 Å². The van der Waals surface area contributed by atoms with Gasteiger partial charge in [-0.2, -0.15) is 5.11 Å². The van der Waals surface area contributed by atoms with E-state index >= 15 is 0 Å². The quantitative estimate of drug-likeness (QED) is 0.280. The summed E-state index contributed by atoms with van der Waals surface area (Å²) in [6, 6.07) is 13.5. The van der Waals surface area contributed by atoms with Crippen LogP contribution in [0, 0.1) is 0 Å². The highest BCUT2D eigenvalue weighted by Gasteiger charge is 2.32. The lowest BCUT2D eigenvalue weighted by atomic mass is 10.0. The third-order valence-electron chi connectivity index (χ3n) is 5.56. The number of aromatic amines is 2. The molecule has 2 heterocycles. The minimum Gasteiger partial charge on any atom is -0.493 e. The van der Waals surface area contributed by atoms with Crippen molar-refractivity contribution in [1.82, 2.24) is 10.2 Å². The van der Waals surface area contributed by atoms with Crippen molar-refractivity contribution in [3.63, 3.8) is 0 Å². The Bertz CT molecular complexity index is 1580. The average Bonchev–Trinajstić information content (AvgIpc) is 3.52. The molecule has 0 atom stereocenters. The molecule has 13 heteroatoms. The van der Waals surface area contributed by atoms with E-state index < -0.39 is 17.7 Å². The molecule has 2 N–H and O–H groups in total. The minimum absolute atomic E-state index is 0.00651. The smallest absolute Gasteiger partial charge is 0.493 e. The van der Waals surface area contributed by atoms with Crippen molar-refractivity contribution in [3.8, 4) is 51.1 Å². The lowest BCUT2D eigenvalue weighted by Gasteiger charge is -2.14. The second kappa shape index (κ2) is 9.84. The van der Waals surface area contributed by atoms with Gasteiger partial charge in [0.2, 0.25) is 6.79 Å². The molecule has 3 aromatic carbocycles. The lowest BCUT2D eigenvalue weighted by molar-refractivity contribution is -0.274. The molecule has 0 aliphatic carbocycles. The van der Waals surface area contributed by atoms with Crippen molar-refractivity contribution in [2.24, 2.45) is 10.2 Å². The standard InChI is InChI=1S/C25H19F3N4O6/c1-34-18-6-4-14(10-20(18)35-2)22-23(24(33)32-30-22)31-29-15-5-8-17(38-25(26,27)28)16(11-15)13-3-7-19-21(9-13)37-12-36-19/h3-11H,12H2,1-2H3,(H2,30,32,33). The average molecular weight is 528 g/mol. The molecule has 196 valence electrons. The first-order valence-corrected chi connectivity index (χ1v) is 11.0. The highest BCUT2D eigenvalue weighted by Crippen LogP contribution is 2.42. The second-order valence-corrected chi connectivity index (χ2v) is 7.87. The maximum atomic E-state index is 13.1. The van der Waals surface area contributed by atoms with Crippen molar-refractivity contribution < 1.29 is 36.9 Å². The Kier molecular flexibility index (Phi) is 6.41. The molecule has 38 heavy (non-hydrogen) atoms. The van der Waals surface area contributed by atoms with Crippen LogP contribution < -0.4 is 29.2 Å². The molecule has 1 aliphatic rings. The third kappa shape index (κ3) is 4.98. The van der Waals surface area contributed by atoms with Gasteiger partial charge in [-0.05, 0) is 54.1 Å². The summed E-state index contributed by atoms with van der Waals surface area (Å²) in [6.45, 7) is 0.00651. The van der Waals surface area contributed by atoms with Crippen molar-refractivity contribution in [1.29, 1.82) is 0 Å². The van der Waals surface area contributed by atoms with Crippen LogP contribution in [0.15, 0.2) is 69.6 Å². The predicted octanol–water partition coefficient (Wildman–Crippen LogP) is 6.10. The van der Waals surface area contributed by atoms with Gasteiger partial charge in [0.05, 0.1) is 25.6 Å². The Morgan fingerprint density at radius 1 is 0.816 bits per heavy atom. The number of hydrogen-bond acceptors (Lipinski definition) is 8. The topological polar surface area (TPSA) is 120 Å². The zero-order valence-corrected chi connectivity index (χ0v) is 19.9. The lowest BCUT2D eigenvalue weighted by Crippen LogP contribution is -2.17. The number of fused-ring (bicyclic) bond motifs is 1. The van der Waals surface area contributed by atoms with Crippen LogP contribution in [-0.4, -0.2) is 37.6 Å².